The van der Waals surface area contributed by atoms with E-state index in [1.165, 1.54) is 0 Å². The predicted octanol–water partition coefficient (Wildman–Crippen LogP) is 1.42. The largest absolute Gasteiger partial charge is 0.451 e. The molecular weight excluding hydrogens is 376 g/mol. The summed E-state index contributed by atoms with van der Waals surface area (Å²) in [6.45, 7) is 4.54. The molecule has 9 nitrogen and oxygen atoms in total. The lowest BCUT2D eigenvalue weighted by Crippen LogP contribution is -2.15. The van der Waals surface area contributed by atoms with Gasteiger partial charge in [0.05, 0.1) is 0 Å². The van der Waals surface area contributed by atoms with Gasteiger partial charge in [-0.05, 0) is 38.5 Å². The molecule has 2 aromatic heterocycles. The average Bonchev–Trinajstić information content (AvgIpc) is 3.20. The van der Waals surface area contributed by atoms with Crippen LogP contribution in [0.3, 0.4) is 0 Å². The summed E-state index contributed by atoms with van der Waals surface area (Å²) in [5.74, 6) is -1.67. The van der Waals surface area contributed by atoms with Gasteiger partial charge in [0.1, 0.15) is 0 Å². The molecule has 0 atom stereocenters. The summed E-state index contributed by atoms with van der Waals surface area (Å²) < 4.78 is 39.1. The molecule has 0 spiro atoms. The van der Waals surface area contributed by atoms with E-state index >= 15 is 0 Å². The molecule has 0 aliphatic heterocycles. The normalized spacial score (nSPS) is 11.6. The van der Waals surface area contributed by atoms with Gasteiger partial charge in [-0.15, -0.1) is 0 Å². The minimum absolute atomic E-state index is 0.350. The molecular formula is C17H22N2O7S. The summed E-state index contributed by atoms with van der Waals surface area (Å²) in [4.78, 5) is 24.3. The van der Waals surface area contributed by atoms with Gasteiger partial charge in [-0.2, -0.15) is 0 Å². The quantitative estimate of drug-likeness (QED) is 0.384. The zero-order valence-electron chi connectivity index (χ0n) is 15.4. The number of furan rings is 1. The second-order valence-corrected chi connectivity index (χ2v) is 7.44. The standard InChI is InChI=1S/C17H22N2O7S/c1-11-9-13(12(2)19(11)7-4-8-24-3)14(20)10-25-17(21)15-5-6-16(26-15)27(18,22)23/h5-6,9H,4,7-8,10H2,1-3H3,(H2,18,22,23). The van der Waals surface area contributed by atoms with Gasteiger partial charge in [-0.25, -0.2) is 18.4 Å². The molecule has 0 bridgehead atoms. The van der Waals surface area contributed by atoms with Gasteiger partial charge >= 0.3 is 5.97 Å². The van der Waals surface area contributed by atoms with Crippen LogP contribution in [0.1, 0.15) is 38.7 Å². The molecule has 2 N–H and O–H groups in total. The van der Waals surface area contributed by atoms with E-state index in [0.717, 1.165) is 29.9 Å². The number of hydrogen-bond donors (Lipinski definition) is 1. The summed E-state index contributed by atoms with van der Waals surface area (Å²) in [5, 5.41) is 4.35. The van der Waals surface area contributed by atoms with Crippen LogP contribution in [0, 0.1) is 13.8 Å². The van der Waals surface area contributed by atoms with E-state index in [1.807, 2.05) is 18.4 Å². The number of sulfonamides is 1. The molecule has 10 heteroatoms. The van der Waals surface area contributed by atoms with Crippen LogP contribution < -0.4 is 5.14 Å². The summed E-state index contributed by atoms with van der Waals surface area (Å²) in [5.41, 5.74) is 2.16. The molecule has 0 aliphatic carbocycles. The Hall–Kier alpha value is -2.43. The Kier molecular flexibility index (Phi) is 6.58. The first kappa shape index (κ1) is 20.9. The average molecular weight is 398 g/mol. The molecule has 0 aromatic carbocycles. The van der Waals surface area contributed by atoms with Gasteiger partial charge in [0.25, 0.3) is 10.0 Å². The van der Waals surface area contributed by atoms with Gasteiger partial charge < -0.3 is 18.5 Å². The maximum atomic E-state index is 12.4. The second-order valence-electron chi connectivity index (χ2n) is 5.95. The Balaban J connectivity index is 2.02. The number of rotatable bonds is 9. The van der Waals surface area contributed by atoms with Gasteiger partial charge in [-0.1, -0.05) is 0 Å². The van der Waals surface area contributed by atoms with Crippen LogP contribution in [-0.2, 0) is 26.0 Å². The minimum atomic E-state index is -4.06. The zero-order valence-corrected chi connectivity index (χ0v) is 16.2. The van der Waals surface area contributed by atoms with Crippen LogP contribution in [0.4, 0.5) is 0 Å². The number of Topliss-reactive ketones (excluding diaryl/α,β-unsaturated/α-hetero) is 1. The molecule has 0 saturated carbocycles. The molecule has 0 aliphatic rings. The Morgan fingerprint density at radius 2 is 1.96 bits per heavy atom. The van der Waals surface area contributed by atoms with Gasteiger partial charge in [-0.3, -0.25) is 4.79 Å². The van der Waals surface area contributed by atoms with E-state index < -0.39 is 27.7 Å². The van der Waals surface area contributed by atoms with Crippen molar-refractivity contribution in [1.29, 1.82) is 0 Å². The molecule has 2 rings (SSSR count). The van der Waals surface area contributed by atoms with Crippen LogP contribution in [0.25, 0.3) is 0 Å². The van der Waals surface area contributed by atoms with Crippen molar-refractivity contribution >= 4 is 21.8 Å². The Labute approximate surface area is 157 Å². The van der Waals surface area contributed by atoms with Gasteiger partial charge in [0.2, 0.25) is 16.6 Å². The fourth-order valence-electron chi connectivity index (χ4n) is 2.66. The second kappa shape index (κ2) is 8.51. The summed E-state index contributed by atoms with van der Waals surface area (Å²) >= 11 is 0. The molecule has 27 heavy (non-hydrogen) atoms. The Morgan fingerprint density at radius 3 is 2.56 bits per heavy atom. The first-order valence-corrected chi connectivity index (χ1v) is 9.68. The number of primary sulfonamides is 1. The van der Waals surface area contributed by atoms with Crippen LogP contribution in [0.2, 0.25) is 0 Å². The van der Waals surface area contributed by atoms with E-state index in [4.69, 9.17) is 19.0 Å². The van der Waals surface area contributed by atoms with Crippen molar-refractivity contribution in [2.24, 2.45) is 5.14 Å². The lowest BCUT2D eigenvalue weighted by atomic mass is 10.1. The Bertz CT molecular complexity index is 941. The van der Waals surface area contributed by atoms with Crippen LogP contribution in [0.5, 0.6) is 0 Å². The third-order valence-electron chi connectivity index (χ3n) is 4.00. The zero-order chi connectivity index (χ0) is 20.2. The molecule has 0 saturated heterocycles. The lowest BCUT2D eigenvalue weighted by molar-refractivity contribution is 0.0438. The number of aromatic nitrogens is 1. The number of ketones is 1. The van der Waals surface area contributed by atoms with E-state index in [1.54, 1.807) is 13.2 Å². The number of nitrogens with zero attached hydrogens (tertiary/aromatic N) is 1. The maximum Gasteiger partial charge on any atom is 0.374 e. The van der Waals surface area contributed by atoms with Crippen LogP contribution >= 0.6 is 0 Å². The SMILES string of the molecule is COCCCn1c(C)cc(C(=O)COC(=O)c2ccc(S(N)(=O)=O)o2)c1C. The lowest BCUT2D eigenvalue weighted by Gasteiger charge is -2.09. The first-order valence-electron chi connectivity index (χ1n) is 8.13. The van der Waals surface area contributed by atoms with Crippen molar-refractivity contribution in [1.82, 2.24) is 4.57 Å². The number of methoxy groups -OCH3 is 1. The summed E-state index contributed by atoms with van der Waals surface area (Å²) in [6.07, 6.45) is 0.806. The van der Waals surface area contributed by atoms with Crippen LogP contribution in [0.15, 0.2) is 27.7 Å². The maximum absolute atomic E-state index is 12.4. The topological polar surface area (TPSA) is 131 Å². The number of ether oxygens (including phenoxy) is 2. The number of nitrogens with two attached hydrogens (primary N) is 1. The van der Waals surface area contributed by atoms with Gasteiger partial charge in [0.15, 0.2) is 6.61 Å². The van der Waals surface area contributed by atoms with Crippen molar-refractivity contribution in [2.75, 3.05) is 20.3 Å². The van der Waals surface area contributed by atoms with Gasteiger partial charge in [0, 0.05) is 37.2 Å². The number of aryl methyl sites for hydroxylation is 1. The van der Waals surface area contributed by atoms with Crippen LogP contribution in [-0.4, -0.2) is 45.1 Å². The molecule has 2 aromatic rings. The van der Waals surface area contributed by atoms with Crippen molar-refractivity contribution < 1.29 is 31.9 Å². The molecule has 0 radical (unpaired) electrons. The highest BCUT2D eigenvalue weighted by Crippen LogP contribution is 2.17. The van der Waals surface area contributed by atoms with E-state index in [2.05, 4.69) is 0 Å². The molecule has 148 valence electrons. The van der Waals surface area contributed by atoms with E-state index in [0.29, 0.717) is 18.7 Å². The number of carbonyl (C=O) groups excluding carboxylic acids is 2. The van der Waals surface area contributed by atoms with E-state index in [9.17, 15) is 18.0 Å². The molecule has 0 amide bonds. The van der Waals surface area contributed by atoms with Crippen molar-refractivity contribution in [3.63, 3.8) is 0 Å². The Morgan fingerprint density at radius 1 is 1.26 bits per heavy atom. The number of hydrogen-bond acceptors (Lipinski definition) is 7. The fourth-order valence-corrected chi connectivity index (χ4v) is 3.12. The van der Waals surface area contributed by atoms with Crippen molar-refractivity contribution in [2.45, 2.75) is 31.9 Å². The highest BCUT2D eigenvalue weighted by Gasteiger charge is 2.21. The monoisotopic (exact) mass is 398 g/mol. The minimum Gasteiger partial charge on any atom is -0.451 e. The van der Waals surface area contributed by atoms with Crippen molar-refractivity contribution in [3.05, 3.63) is 40.9 Å². The predicted molar refractivity (Wildman–Crippen MR) is 95.1 cm³/mol. The summed E-state index contributed by atoms with van der Waals surface area (Å²) in [6, 6.07) is 3.90. The van der Waals surface area contributed by atoms with Crippen molar-refractivity contribution in [3.8, 4) is 0 Å². The first-order chi connectivity index (χ1) is 12.6. The highest BCUT2D eigenvalue weighted by molar-refractivity contribution is 7.89. The molecule has 2 heterocycles. The molecule has 0 fully saturated rings. The third-order valence-corrected chi connectivity index (χ3v) is 4.78. The third kappa shape index (κ3) is 5.06. The fraction of sp³-hybridized carbons (Fsp3) is 0.412. The van der Waals surface area contributed by atoms with E-state index in [-0.39, 0.29) is 11.5 Å². The highest BCUT2D eigenvalue weighted by atomic mass is 32.2. The number of carbonyl (C=O) groups is 2. The summed E-state index contributed by atoms with van der Waals surface area (Å²) in [7, 11) is -2.43. The number of esters is 1. The smallest absolute Gasteiger partial charge is 0.374 e. The molecule has 0 unspecified atom stereocenters.